The first-order valence-corrected chi connectivity index (χ1v) is 9.70. The van der Waals surface area contributed by atoms with E-state index in [1.54, 1.807) is 0 Å². The normalized spacial score (nSPS) is 25.5. The number of aliphatic hydroxyl groups is 2. The van der Waals surface area contributed by atoms with Crippen LogP contribution in [0.5, 0.6) is 0 Å². The van der Waals surface area contributed by atoms with Crippen LogP contribution in [0, 0.1) is 0 Å². The van der Waals surface area contributed by atoms with Gasteiger partial charge in [-0.1, -0.05) is 77.6 Å². The van der Waals surface area contributed by atoms with Gasteiger partial charge in [-0.2, -0.15) is 0 Å². The summed E-state index contributed by atoms with van der Waals surface area (Å²) in [5.41, 5.74) is 0. The van der Waals surface area contributed by atoms with Gasteiger partial charge in [0.2, 0.25) is 0 Å². The van der Waals surface area contributed by atoms with Crippen molar-refractivity contribution in [1.29, 1.82) is 0 Å². The van der Waals surface area contributed by atoms with E-state index in [-0.39, 0.29) is 24.9 Å². The summed E-state index contributed by atoms with van der Waals surface area (Å²) in [6.45, 7) is 2.30. The zero-order chi connectivity index (χ0) is 16.0. The van der Waals surface area contributed by atoms with Gasteiger partial charge in [-0.15, -0.1) is 0 Å². The zero-order valence-electron chi connectivity index (χ0n) is 14.6. The maximum Gasteiger partial charge on any atom is 0.0834 e. The van der Waals surface area contributed by atoms with Crippen LogP contribution in [0.4, 0.5) is 0 Å². The van der Waals surface area contributed by atoms with Crippen molar-refractivity contribution in [2.24, 2.45) is 0 Å². The van der Waals surface area contributed by atoms with E-state index < -0.39 is 0 Å². The molecule has 1 aliphatic rings. The maximum atomic E-state index is 9.77. The van der Waals surface area contributed by atoms with Gasteiger partial charge in [0.15, 0.2) is 0 Å². The quantitative estimate of drug-likeness (QED) is 0.489. The Labute approximate surface area is 137 Å². The predicted molar refractivity (Wildman–Crippen MR) is 92.1 cm³/mol. The molecule has 0 saturated carbocycles. The molecular weight excluding hydrogens is 276 g/mol. The molecule has 0 radical (unpaired) electrons. The van der Waals surface area contributed by atoms with Gasteiger partial charge in [-0.3, -0.25) is 0 Å². The van der Waals surface area contributed by atoms with E-state index in [1.165, 1.54) is 70.6 Å². The van der Waals surface area contributed by atoms with Gasteiger partial charge in [0, 0.05) is 6.42 Å². The molecule has 0 aromatic carbocycles. The van der Waals surface area contributed by atoms with Crippen molar-refractivity contribution >= 4 is 0 Å². The second kappa shape index (κ2) is 13.3. The van der Waals surface area contributed by atoms with Crippen LogP contribution in [0.2, 0.25) is 0 Å². The molecule has 0 aliphatic carbocycles. The van der Waals surface area contributed by atoms with Crippen molar-refractivity contribution in [1.82, 2.24) is 0 Å². The fraction of sp³-hybridized carbons (Fsp3) is 1.00. The fourth-order valence-electron chi connectivity index (χ4n) is 3.43. The maximum absolute atomic E-state index is 9.77. The lowest BCUT2D eigenvalue weighted by Crippen LogP contribution is -2.37. The van der Waals surface area contributed by atoms with Crippen LogP contribution in [0.1, 0.15) is 96.8 Å². The molecule has 2 N–H and O–H groups in total. The van der Waals surface area contributed by atoms with Crippen LogP contribution in [-0.2, 0) is 4.74 Å². The van der Waals surface area contributed by atoms with Crippen molar-refractivity contribution in [2.75, 3.05) is 6.61 Å². The van der Waals surface area contributed by atoms with E-state index in [4.69, 9.17) is 9.84 Å². The summed E-state index contributed by atoms with van der Waals surface area (Å²) < 4.78 is 5.79. The van der Waals surface area contributed by atoms with E-state index in [0.29, 0.717) is 6.42 Å². The first-order valence-electron chi connectivity index (χ1n) is 9.70. The summed E-state index contributed by atoms with van der Waals surface area (Å²) in [5.74, 6) is 0. The Hall–Kier alpha value is -0.120. The molecule has 1 aliphatic heterocycles. The highest BCUT2D eigenvalue weighted by atomic mass is 16.5. The Morgan fingerprint density at radius 3 is 1.82 bits per heavy atom. The van der Waals surface area contributed by atoms with Gasteiger partial charge in [-0.05, 0) is 12.8 Å². The third kappa shape index (κ3) is 9.81. The fourth-order valence-corrected chi connectivity index (χ4v) is 3.43. The van der Waals surface area contributed by atoms with Crippen molar-refractivity contribution in [3.8, 4) is 0 Å². The minimum absolute atomic E-state index is 0.0335. The minimum Gasteiger partial charge on any atom is -0.394 e. The first-order chi connectivity index (χ1) is 10.8. The molecule has 0 spiro atoms. The average Bonchev–Trinajstić information content (AvgIpc) is 2.52. The average molecular weight is 315 g/mol. The lowest BCUT2D eigenvalue weighted by molar-refractivity contribution is -0.114. The number of ether oxygens (including phenoxy) is 1. The van der Waals surface area contributed by atoms with Crippen LogP contribution in [0.25, 0.3) is 0 Å². The monoisotopic (exact) mass is 314 g/mol. The van der Waals surface area contributed by atoms with Crippen LogP contribution < -0.4 is 0 Å². The first kappa shape index (κ1) is 19.9. The second-order valence-electron chi connectivity index (χ2n) is 7.01. The van der Waals surface area contributed by atoms with Crippen molar-refractivity contribution in [2.45, 2.75) is 115 Å². The van der Waals surface area contributed by atoms with Gasteiger partial charge in [0.25, 0.3) is 0 Å². The summed E-state index contributed by atoms with van der Waals surface area (Å²) in [6.07, 6.45) is 17.0. The molecule has 3 heteroatoms. The van der Waals surface area contributed by atoms with Gasteiger partial charge in [-0.25, -0.2) is 0 Å². The molecule has 0 bridgehead atoms. The number of hydrogen-bond donors (Lipinski definition) is 2. The lowest BCUT2D eigenvalue weighted by Gasteiger charge is -2.32. The largest absolute Gasteiger partial charge is 0.394 e. The van der Waals surface area contributed by atoms with Crippen LogP contribution in [0.3, 0.4) is 0 Å². The molecule has 1 heterocycles. The van der Waals surface area contributed by atoms with Crippen LogP contribution in [-0.4, -0.2) is 35.1 Å². The van der Waals surface area contributed by atoms with E-state index in [9.17, 15) is 5.11 Å². The summed E-state index contributed by atoms with van der Waals surface area (Å²) in [7, 11) is 0. The lowest BCUT2D eigenvalue weighted by atomic mass is 9.97. The second-order valence-corrected chi connectivity index (χ2v) is 7.01. The number of rotatable bonds is 13. The minimum atomic E-state index is -0.288. The molecule has 132 valence electrons. The molecule has 0 unspecified atom stereocenters. The Morgan fingerprint density at radius 2 is 1.27 bits per heavy atom. The molecule has 0 aromatic heterocycles. The summed E-state index contributed by atoms with van der Waals surface area (Å²) in [4.78, 5) is 0. The Bertz CT molecular complexity index is 245. The van der Waals surface area contributed by atoms with Gasteiger partial charge < -0.3 is 14.9 Å². The van der Waals surface area contributed by atoms with E-state index in [2.05, 4.69) is 6.92 Å². The Kier molecular flexibility index (Phi) is 12.1. The number of hydrogen-bond acceptors (Lipinski definition) is 3. The zero-order valence-corrected chi connectivity index (χ0v) is 14.6. The molecule has 0 amide bonds. The SMILES string of the molecule is CCCCCCCCCCCCC[C@H]1C[C@@H](O)C[C@@H](CO)O1. The molecule has 22 heavy (non-hydrogen) atoms. The third-order valence-electron chi connectivity index (χ3n) is 4.79. The van der Waals surface area contributed by atoms with E-state index in [0.717, 1.165) is 12.8 Å². The Morgan fingerprint density at radius 1 is 0.773 bits per heavy atom. The highest BCUT2D eigenvalue weighted by Gasteiger charge is 2.27. The summed E-state index contributed by atoms with van der Waals surface area (Å²) in [6, 6.07) is 0. The molecule has 1 fully saturated rings. The van der Waals surface area contributed by atoms with E-state index >= 15 is 0 Å². The van der Waals surface area contributed by atoms with Crippen molar-refractivity contribution in [3.05, 3.63) is 0 Å². The van der Waals surface area contributed by atoms with Gasteiger partial charge in [0.05, 0.1) is 24.9 Å². The van der Waals surface area contributed by atoms with Gasteiger partial charge in [0.1, 0.15) is 0 Å². The highest BCUT2D eigenvalue weighted by molar-refractivity contribution is 4.76. The van der Waals surface area contributed by atoms with E-state index in [1.807, 2.05) is 0 Å². The van der Waals surface area contributed by atoms with Gasteiger partial charge >= 0.3 is 0 Å². The summed E-state index contributed by atoms with van der Waals surface area (Å²) in [5, 5.41) is 18.9. The molecule has 0 aromatic rings. The van der Waals surface area contributed by atoms with Crippen molar-refractivity contribution in [3.63, 3.8) is 0 Å². The highest BCUT2D eigenvalue weighted by Crippen LogP contribution is 2.23. The Balaban J connectivity index is 1.87. The number of aliphatic hydroxyl groups excluding tert-OH is 2. The van der Waals surface area contributed by atoms with Crippen LogP contribution in [0.15, 0.2) is 0 Å². The van der Waals surface area contributed by atoms with Crippen LogP contribution >= 0.6 is 0 Å². The molecule has 1 rings (SSSR count). The topological polar surface area (TPSA) is 49.7 Å². The molecular formula is C19H38O3. The molecule has 3 nitrogen and oxygen atoms in total. The van der Waals surface area contributed by atoms with Crippen molar-refractivity contribution < 1.29 is 14.9 Å². The standard InChI is InChI=1S/C19H38O3/c1-2-3-4-5-6-7-8-9-10-11-12-13-18-14-17(21)15-19(16-20)22-18/h17-21H,2-16H2,1H3/t17-,18+,19+/m1/s1. The molecule has 3 atom stereocenters. The predicted octanol–water partition coefficient (Wildman–Crippen LogP) is 4.59. The molecule has 1 saturated heterocycles. The smallest absolute Gasteiger partial charge is 0.0834 e. The third-order valence-corrected chi connectivity index (χ3v) is 4.79. The summed E-state index contributed by atoms with van der Waals surface area (Å²) >= 11 is 0. The number of unbranched alkanes of at least 4 members (excludes halogenated alkanes) is 10.